The minimum Gasteiger partial charge on any atom is -0.497 e. The van der Waals surface area contributed by atoms with Crippen molar-refractivity contribution in [2.45, 2.75) is 73.0 Å². The van der Waals surface area contributed by atoms with E-state index < -0.39 is 33.1 Å². The van der Waals surface area contributed by atoms with Crippen molar-refractivity contribution in [1.82, 2.24) is 9.62 Å². The summed E-state index contributed by atoms with van der Waals surface area (Å²) in [5, 5.41) is 3.72. The summed E-state index contributed by atoms with van der Waals surface area (Å²) in [6.07, 6.45) is 4.98. The lowest BCUT2D eigenvalue weighted by molar-refractivity contribution is -0.144. The number of methoxy groups -OCH3 is 2. The van der Waals surface area contributed by atoms with Crippen LogP contribution >= 0.6 is 11.8 Å². The van der Waals surface area contributed by atoms with Crippen molar-refractivity contribution in [2.75, 3.05) is 38.5 Å². The molecule has 1 aliphatic heterocycles. The second-order valence-electron chi connectivity index (χ2n) is 15.8. The van der Waals surface area contributed by atoms with E-state index in [0.717, 1.165) is 45.7 Å². The Morgan fingerprint density at radius 3 is 1.84 bits per heavy atom. The molecule has 328 valence electrons. The van der Waals surface area contributed by atoms with Crippen LogP contribution in [0.5, 0.6) is 11.5 Å². The number of rotatable bonds is 18. The first-order chi connectivity index (χ1) is 30.6. The number of thioether (sulfide) groups is 1. The third kappa shape index (κ3) is 9.38. The SMILES string of the molecule is CCCCC1(CC)CN(c2ccccc2)c2cc(SC)c(OCC(NC(c3ccccc3)(c3ccccc3)c3ccccc3)C(=O)OC)cc2S(=O)(=O)N1Cc1ccc(OC)cc1. The number of nitrogens with one attached hydrogen (secondary N) is 1. The Balaban J connectivity index is 1.36. The van der Waals surface area contributed by atoms with Crippen molar-refractivity contribution in [3.63, 3.8) is 0 Å². The number of fused-ring (bicyclic) bond motifs is 1. The maximum absolute atomic E-state index is 15.7. The van der Waals surface area contributed by atoms with Crippen LogP contribution in [0.15, 0.2) is 168 Å². The lowest BCUT2D eigenvalue weighted by Gasteiger charge is -2.43. The maximum Gasteiger partial charge on any atom is 0.326 e. The van der Waals surface area contributed by atoms with E-state index in [4.69, 9.17) is 14.2 Å². The molecule has 6 aromatic rings. The highest BCUT2D eigenvalue weighted by atomic mass is 32.2. The lowest BCUT2D eigenvalue weighted by atomic mass is 9.76. The summed E-state index contributed by atoms with van der Waals surface area (Å²) >= 11 is 1.46. The van der Waals surface area contributed by atoms with E-state index in [1.165, 1.54) is 18.9 Å². The molecule has 0 spiro atoms. The van der Waals surface area contributed by atoms with Gasteiger partial charge in [-0.2, -0.15) is 4.31 Å². The van der Waals surface area contributed by atoms with Crippen molar-refractivity contribution < 1.29 is 27.4 Å². The summed E-state index contributed by atoms with van der Waals surface area (Å²) < 4.78 is 50.8. The Morgan fingerprint density at radius 2 is 1.35 bits per heavy atom. The van der Waals surface area contributed by atoms with Gasteiger partial charge >= 0.3 is 5.97 Å². The molecule has 1 N–H and O–H groups in total. The Kier molecular flexibility index (Phi) is 14.6. The molecule has 63 heavy (non-hydrogen) atoms. The predicted molar refractivity (Wildman–Crippen MR) is 254 cm³/mol. The molecule has 1 aliphatic rings. The summed E-state index contributed by atoms with van der Waals surface area (Å²) in [6, 6.07) is 50.2. The van der Waals surface area contributed by atoms with Crippen LogP contribution in [0.3, 0.4) is 0 Å². The number of para-hydroxylation sites is 1. The van der Waals surface area contributed by atoms with Gasteiger partial charge in [0.2, 0.25) is 10.0 Å². The van der Waals surface area contributed by atoms with Crippen LogP contribution in [0.25, 0.3) is 0 Å². The van der Waals surface area contributed by atoms with Gasteiger partial charge in [-0.3, -0.25) is 10.1 Å². The zero-order chi connectivity index (χ0) is 44.5. The summed E-state index contributed by atoms with van der Waals surface area (Å²) in [7, 11) is -1.22. The summed E-state index contributed by atoms with van der Waals surface area (Å²) in [5.74, 6) is 0.519. The first-order valence-corrected chi connectivity index (χ1v) is 24.2. The summed E-state index contributed by atoms with van der Waals surface area (Å²) in [6.45, 7) is 4.68. The fourth-order valence-electron chi connectivity index (χ4n) is 8.77. The molecule has 11 heteroatoms. The zero-order valence-electron chi connectivity index (χ0n) is 36.7. The number of sulfonamides is 1. The van der Waals surface area contributed by atoms with Gasteiger partial charge in [0.1, 0.15) is 29.0 Å². The van der Waals surface area contributed by atoms with Crippen molar-refractivity contribution in [3.05, 3.63) is 180 Å². The second kappa shape index (κ2) is 20.3. The van der Waals surface area contributed by atoms with Gasteiger partial charge in [-0.15, -0.1) is 11.8 Å². The van der Waals surface area contributed by atoms with Gasteiger partial charge in [0.05, 0.1) is 35.9 Å². The van der Waals surface area contributed by atoms with Crippen LogP contribution in [-0.4, -0.2) is 63.9 Å². The fraction of sp³-hybridized carbons (Fsp3) is 0.288. The van der Waals surface area contributed by atoms with Gasteiger partial charge in [-0.25, -0.2) is 8.42 Å². The van der Waals surface area contributed by atoms with Crippen molar-refractivity contribution in [1.29, 1.82) is 0 Å². The molecule has 9 nitrogen and oxygen atoms in total. The number of carbonyl (C=O) groups excluding carboxylic acids is 1. The molecular formula is C52H57N3O6S2. The van der Waals surface area contributed by atoms with E-state index in [1.807, 2.05) is 158 Å². The van der Waals surface area contributed by atoms with E-state index in [2.05, 4.69) is 24.1 Å². The number of hydrogen-bond donors (Lipinski definition) is 1. The largest absolute Gasteiger partial charge is 0.497 e. The van der Waals surface area contributed by atoms with E-state index >= 15 is 8.42 Å². The van der Waals surface area contributed by atoms with Gasteiger partial charge in [0.25, 0.3) is 0 Å². The van der Waals surface area contributed by atoms with Gasteiger partial charge in [-0.05, 0) is 71.7 Å². The van der Waals surface area contributed by atoms with Crippen molar-refractivity contribution >= 4 is 39.1 Å². The monoisotopic (exact) mass is 883 g/mol. The van der Waals surface area contributed by atoms with Crippen LogP contribution in [0.2, 0.25) is 0 Å². The molecule has 6 aromatic carbocycles. The molecule has 0 aromatic heterocycles. The Labute approximate surface area is 377 Å². The maximum atomic E-state index is 15.7. The van der Waals surface area contributed by atoms with Crippen LogP contribution in [0.1, 0.15) is 61.8 Å². The summed E-state index contributed by atoms with van der Waals surface area (Å²) in [5.41, 5.74) is 3.29. The molecule has 0 saturated heterocycles. The van der Waals surface area contributed by atoms with Crippen molar-refractivity contribution in [3.8, 4) is 11.5 Å². The fourth-order valence-corrected chi connectivity index (χ4v) is 11.4. The number of esters is 1. The second-order valence-corrected chi connectivity index (χ2v) is 18.5. The molecule has 0 fully saturated rings. The average molecular weight is 884 g/mol. The van der Waals surface area contributed by atoms with E-state index in [-0.39, 0.29) is 18.0 Å². The van der Waals surface area contributed by atoms with Gasteiger partial charge in [-0.1, -0.05) is 148 Å². The lowest BCUT2D eigenvalue weighted by Crippen LogP contribution is -2.55. The zero-order valence-corrected chi connectivity index (χ0v) is 38.3. The Bertz CT molecular complexity index is 2430. The third-order valence-electron chi connectivity index (χ3n) is 12.2. The average Bonchev–Trinajstić information content (AvgIpc) is 3.41. The summed E-state index contributed by atoms with van der Waals surface area (Å²) in [4.78, 5) is 17.0. The number of nitrogens with zero attached hydrogens (tertiary/aromatic N) is 2. The number of hydrogen-bond acceptors (Lipinski definition) is 9. The third-order valence-corrected chi connectivity index (χ3v) is 14.9. The minimum atomic E-state index is -4.20. The molecule has 0 bridgehead atoms. The molecule has 2 unspecified atom stereocenters. The Morgan fingerprint density at radius 1 is 0.794 bits per heavy atom. The molecular weight excluding hydrogens is 827 g/mol. The predicted octanol–water partition coefficient (Wildman–Crippen LogP) is 10.6. The van der Waals surface area contributed by atoms with Crippen LogP contribution < -0.4 is 19.7 Å². The van der Waals surface area contributed by atoms with Gasteiger partial charge in [0, 0.05) is 24.8 Å². The number of unbranched alkanes of at least 4 members (excludes halogenated alkanes) is 1. The Hall–Kier alpha value is -5.59. The smallest absolute Gasteiger partial charge is 0.326 e. The van der Waals surface area contributed by atoms with E-state index in [0.29, 0.717) is 36.6 Å². The van der Waals surface area contributed by atoms with E-state index in [1.54, 1.807) is 17.5 Å². The van der Waals surface area contributed by atoms with Gasteiger partial charge < -0.3 is 19.1 Å². The van der Waals surface area contributed by atoms with E-state index in [9.17, 15) is 4.79 Å². The van der Waals surface area contributed by atoms with Gasteiger partial charge in [0.15, 0.2) is 0 Å². The molecule has 0 saturated carbocycles. The topological polar surface area (TPSA) is 97.4 Å². The number of benzene rings is 6. The number of anilines is 2. The highest BCUT2D eigenvalue weighted by Crippen LogP contribution is 2.48. The highest BCUT2D eigenvalue weighted by Gasteiger charge is 2.48. The first kappa shape index (κ1) is 45.4. The normalized spacial score (nSPS) is 16.7. The van der Waals surface area contributed by atoms with Crippen LogP contribution in [-0.2, 0) is 31.6 Å². The molecule has 1 heterocycles. The molecule has 0 aliphatic carbocycles. The highest BCUT2D eigenvalue weighted by molar-refractivity contribution is 7.98. The molecule has 7 rings (SSSR count). The first-order valence-electron chi connectivity index (χ1n) is 21.5. The molecule has 0 amide bonds. The standard InChI is InChI=1S/C52H57N3O6S2/c1-6-8-33-51(7-2)38-54(43-27-19-12-20-28-43)46-34-48(62-5)47(35-49(46)63(57,58)55(51)36-39-29-31-44(59-3)32-30-39)61-37-45(50(56)60-4)53-52(40-21-13-9-14-22-40,41-23-15-10-16-24-41)42-25-17-11-18-26-42/h9-32,34-35,45,53H,6-8,33,36-38H2,1-5H3. The van der Waals surface area contributed by atoms with Crippen LogP contribution in [0, 0.1) is 0 Å². The quantitative estimate of drug-likeness (QED) is 0.0514. The minimum absolute atomic E-state index is 0.134. The van der Waals surface area contributed by atoms with Crippen molar-refractivity contribution in [2.24, 2.45) is 0 Å². The molecule has 2 atom stereocenters. The molecule has 0 radical (unpaired) electrons. The number of ether oxygens (including phenoxy) is 3. The van der Waals surface area contributed by atoms with Crippen LogP contribution in [0.4, 0.5) is 11.4 Å². The number of carbonyl (C=O) groups is 1.